The minimum atomic E-state index is -0.439. The van der Waals surface area contributed by atoms with Crippen molar-refractivity contribution in [3.05, 3.63) is 61.9 Å². The third-order valence-corrected chi connectivity index (χ3v) is 14.0. The van der Waals surface area contributed by atoms with Crippen LogP contribution in [0.2, 0.25) is 15.7 Å². The molecule has 0 saturated carbocycles. The number of aromatic nitrogens is 8. The molecule has 0 aromatic carbocycles. The second-order valence-electron chi connectivity index (χ2n) is 19.0. The summed E-state index contributed by atoms with van der Waals surface area (Å²) in [7, 11) is 0. The summed E-state index contributed by atoms with van der Waals surface area (Å²) in [5, 5.41) is 4.19. The fraction of sp³-hybridized carbons (Fsp3) is 0.628. The van der Waals surface area contributed by atoms with Gasteiger partial charge in [0.25, 0.3) is 0 Å². The number of halogens is 3. The Bertz CT molecular complexity index is 2410. The average molecular weight is 940 g/mol. The molecule has 64 heavy (non-hydrogen) atoms. The van der Waals surface area contributed by atoms with Crippen molar-refractivity contribution >= 4 is 52.4 Å². The normalized spacial score (nSPS) is 28.5. The molecule has 342 valence electrons. The van der Waals surface area contributed by atoms with Gasteiger partial charge in [0, 0.05) is 54.8 Å². The zero-order valence-electron chi connectivity index (χ0n) is 36.7. The standard InChI is InChI=1S/C17H20N6O2.C13H16ClN3O2.C8H8Cl2N2O.C5H9NO/c1-17(2)13-12(8-25-17)15(23-6-11-3-10(23)7-24-11)22-14(21-13)9-4-19-16(18)20-5-9;1-13(2)10-9(6-19-13)11(16-12(14)15-10)17-4-8-3-7(17)5-18-8;1-8(2)5-4(3-13-8)6(9)12-7(10)11-5;1-4-3-7-5(1)2-6-4/h4-5,10-11H,3,6-8H2,1-2H3,(H2,18,19,20);7-8H,3-6H2,1-2H3;3H2,1-2H3;4-6H,1-3H2. The summed E-state index contributed by atoms with van der Waals surface area (Å²) < 4.78 is 34.0. The molecule has 6 atom stereocenters. The maximum Gasteiger partial charge on any atom is 0.224 e. The molecular formula is C43H53Cl3N12O6. The Kier molecular flexibility index (Phi) is 11.6. The van der Waals surface area contributed by atoms with E-state index in [-0.39, 0.29) is 16.8 Å². The number of nitrogen functional groups attached to an aromatic ring is 1. The second kappa shape index (κ2) is 16.9. The van der Waals surface area contributed by atoms with Crippen LogP contribution in [0.5, 0.6) is 0 Å². The third-order valence-electron chi connectivity index (χ3n) is 13.3. The second-order valence-corrected chi connectivity index (χ2v) is 20.0. The topological polar surface area (TPSA) is 203 Å². The zero-order valence-corrected chi connectivity index (χ0v) is 39.0. The van der Waals surface area contributed by atoms with Crippen LogP contribution in [0.25, 0.3) is 11.4 Å². The molecule has 13 heterocycles. The Morgan fingerprint density at radius 1 is 0.609 bits per heavy atom. The summed E-state index contributed by atoms with van der Waals surface area (Å²) in [5.74, 6) is 2.74. The molecule has 0 amide bonds. The lowest BCUT2D eigenvalue weighted by atomic mass is 10.0. The van der Waals surface area contributed by atoms with Crippen molar-refractivity contribution in [3.8, 4) is 11.4 Å². The van der Waals surface area contributed by atoms with Gasteiger partial charge >= 0.3 is 0 Å². The molecule has 18 nitrogen and oxygen atoms in total. The maximum atomic E-state index is 6.10. The van der Waals surface area contributed by atoms with Gasteiger partial charge in [-0.1, -0.05) is 11.6 Å². The maximum absolute atomic E-state index is 6.10. The van der Waals surface area contributed by atoms with Crippen LogP contribution in [0.3, 0.4) is 0 Å². The van der Waals surface area contributed by atoms with E-state index in [1.54, 1.807) is 12.4 Å². The van der Waals surface area contributed by atoms with Gasteiger partial charge in [0.15, 0.2) is 5.82 Å². The van der Waals surface area contributed by atoms with Crippen LogP contribution in [0.4, 0.5) is 17.6 Å². The van der Waals surface area contributed by atoms with E-state index in [0.717, 1.165) is 103 Å². The highest BCUT2D eigenvalue weighted by Gasteiger charge is 2.45. The number of fused-ring (bicyclic) bond motifs is 9. The van der Waals surface area contributed by atoms with E-state index < -0.39 is 11.2 Å². The molecule has 6 saturated heterocycles. The van der Waals surface area contributed by atoms with E-state index in [0.29, 0.717) is 72.5 Å². The summed E-state index contributed by atoms with van der Waals surface area (Å²) >= 11 is 17.7. The Hall–Kier alpha value is -3.69. The lowest BCUT2D eigenvalue weighted by Gasteiger charge is -2.29. The van der Waals surface area contributed by atoms with Gasteiger partial charge in [-0.3, -0.25) is 0 Å². The number of hydrogen-bond donors (Lipinski definition) is 2. The van der Waals surface area contributed by atoms with Crippen LogP contribution in [0.1, 0.15) is 94.6 Å². The molecule has 0 spiro atoms. The molecule has 9 aliphatic heterocycles. The number of nitrogens with one attached hydrogen (secondary N) is 1. The van der Waals surface area contributed by atoms with Gasteiger partial charge in [-0.15, -0.1) is 0 Å². The predicted molar refractivity (Wildman–Crippen MR) is 237 cm³/mol. The number of morpholine rings is 3. The number of anilines is 3. The smallest absolute Gasteiger partial charge is 0.224 e. The number of nitrogens with zero attached hydrogens (tertiary/aromatic N) is 10. The fourth-order valence-electron chi connectivity index (χ4n) is 9.86. The molecule has 4 aromatic heterocycles. The molecule has 21 heteroatoms. The monoisotopic (exact) mass is 938 g/mol. The van der Waals surface area contributed by atoms with Crippen LogP contribution < -0.4 is 20.9 Å². The van der Waals surface area contributed by atoms with E-state index in [4.69, 9.17) is 78.9 Å². The molecule has 0 radical (unpaired) electrons. The highest BCUT2D eigenvalue weighted by molar-refractivity contribution is 6.32. The fourth-order valence-corrected chi connectivity index (χ4v) is 10.5. The average Bonchev–Trinajstić information content (AvgIpc) is 4.13. The van der Waals surface area contributed by atoms with E-state index in [9.17, 15) is 0 Å². The minimum Gasteiger partial charge on any atom is -0.375 e. The van der Waals surface area contributed by atoms with Crippen molar-refractivity contribution in [2.75, 3.05) is 55.0 Å². The first-order valence-electron chi connectivity index (χ1n) is 21.8. The van der Waals surface area contributed by atoms with Gasteiger partial charge in [0.2, 0.25) is 16.5 Å². The third kappa shape index (κ3) is 8.48. The van der Waals surface area contributed by atoms with Crippen molar-refractivity contribution in [2.45, 2.75) is 134 Å². The summed E-state index contributed by atoms with van der Waals surface area (Å²) in [6.45, 7) is 18.9. The molecule has 0 aliphatic carbocycles. The van der Waals surface area contributed by atoms with E-state index in [1.807, 2.05) is 41.5 Å². The number of rotatable bonds is 3. The van der Waals surface area contributed by atoms with E-state index in [2.05, 4.69) is 45.0 Å². The van der Waals surface area contributed by atoms with Crippen LogP contribution in [0.15, 0.2) is 12.4 Å². The van der Waals surface area contributed by atoms with Crippen LogP contribution >= 0.6 is 34.8 Å². The molecular weight excluding hydrogens is 887 g/mol. The van der Waals surface area contributed by atoms with Gasteiger partial charge < -0.3 is 49.3 Å². The molecule has 6 bridgehead atoms. The van der Waals surface area contributed by atoms with Gasteiger partial charge in [-0.2, -0.15) is 0 Å². The summed E-state index contributed by atoms with van der Waals surface area (Å²) in [5.41, 5.74) is 10.8. The lowest BCUT2D eigenvalue weighted by Crippen LogP contribution is -2.38. The molecule has 13 rings (SSSR count). The van der Waals surface area contributed by atoms with Crippen molar-refractivity contribution in [1.82, 2.24) is 45.2 Å². The summed E-state index contributed by atoms with van der Waals surface area (Å²) in [4.78, 5) is 39.2. The number of ether oxygens (including phenoxy) is 6. The first kappa shape index (κ1) is 44.2. The van der Waals surface area contributed by atoms with Gasteiger partial charge in [0.1, 0.15) is 33.6 Å². The van der Waals surface area contributed by atoms with Crippen molar-refractivity contribution in [2.24, 2.45) is 0 Å². The summed E-state index contributed by atoms with van der Waals surface area (Å²) in [6.07, 6.45) is 7.92. The summed E-state index contributed by atoms with van der Waals surface area (Å²) in [6, 6.07) is 1.50. The van der Waals surface area contributed by atoms with Gasteiger partial charge in [0.05, 0.1) is 92.7 Å². The lowest BCUT2D eigenvalue weighted by molar-refractivity contribution is -0.0103. The SMILES string of the molecule is C1OC2CNC1C2.CC1(C)OCc2c(Cl)nc(Cl)nc21.CC1(C)OCc2c(N3CC4CC3CO4)nc(-c3cnc(N)nc3)nc21.CC1(C)OCc2c(N3CC4CC3CO4)nc(Cl)nc21. The van der Waals surface area contributed by atoms with Crippen LogP contribution in [-0.2, 0) is 65.0 Å². The Labute approximate surface area is 386 Å². The predicted octanol–water partition coefficient (Wildman–Crippen LogP) is 5.43. The molecule has 4 aromatic rings. The molecule has 6 unspecified atom stereocenters. The Morgan fingerprint density at radius 3 is 1.56 bits per heavy atom. The van der Waals surface area contributed by atoms with Crippen LogP contribution in [-0.4, -0.2) is 116 Å². The Balaban J connectivity index is 0.000000109. The van der Waals surface area contributed by atoms with Crippen molar-refractivity contribution in [1.29, 1.82) is 0 Å². The Morgan fingerprint density at radius 2 is 1.11 bits per heavy atom. The zero-order chi connectivity index (χ0) is 44.7. The molecule has 3 N–H and O–H groups in total. The molecule has 9 aliphatic rings. The van der Waals surface area contributed by atoms with Gasteiger partial charge in [-0.05, 0) is 84.0 Å². The highest BCUT2D eigenvalue weighted by Crippen LogP contribution is 2.44. The molecule has 6 fully saturated rings. The van der Waals surface area contributed by atoms with Crippen molar-refractivity contribution < 1.29 is 28.4 Å². The van der Waals surface area contributed by atoms with E-state index >= 15 is 0 Å². The minimum absolute atomic E-state index is 0.169. The van der Waals surface area contributed by atoms with Crippen LogP contribution in [0, 0.1) is 0 Å². The van der Waals surface area contributed by atoms with E-state index in [1.165, 1.54) is 6.42 Å². The number of nitrogens with two attached hydrogens (primary N) is 1. The highest BCUT2D eigenvalue weighted by atomic mass is 35.5. The quantitative estimate of drug-likeness (QED) is 0.194. The van der Waals surface area contributed by atoms with Gasteiger partial charge in [-0.25, -0.2) is 39.9 Å². The largest absolute Gasteiger partial charge is 0.375 e. The van der Waals surface area contributed by atoms with Crippen molar-refractivity contribution in [3.63, 3.8) is 0 Å². The number of hydrogen-bond acceptors (Lipinski definition) is 18. The first-order chi connectivity index (χ1) is 30.5. The first-order valence-corrected chi connectivity index (χ1v) is 23.0.